The molecule has 3 aromatic rings. The van der Waals surface area contributed by atoms with Crippen molar-refractivity contribution in [3.05, 3.63) is 83.3 Å². The highest BCUT2D eigenvalue weighted by Gasteiger charge is 2.37. The van der Waals surface area contributed by atoms with Crippen molar-refractivity contribution in [2.24, 2.45) is 0 Å². The van der Waals surface area contributed by atoms with E-state index >= 15 is 0 Å². The van der Waals surface area contributed by atoms with Crippen LogP contribution in [0.4, 0.5) is 11.4 Å². The summed E-state index contributed by atoms with van der Waals surface area (Å²) in [5, 5.41) is 3.23. The van der Waals surface area contributed by atoms with Crippen molar-refractivity contribution in [1.82, 2.24) is 5.32 Å². The van der Waals surface area contributed by atoms with Gasteiger partial charge in [0, 0.05) is 25.8 Å². The van der Waals surface area contributed by atoms with Crippen molar-refractivity contribution in [3.63, 3.8) is 0 Å². The Balaban J connectivity index is 1.86. The molecule has 1 fully saturated rings. The fraction of sp³-hybridized carbons (Fsp3) is 0.357. The third-order valence-corrected chi connectivity index (χ3v) is 6.56. The van der Waals surface area contributed by atoms with Gasteiger partial charge in [-0.2, -0.15) is 0 Å². The number of furan rings is 1. The number of carbonyl (C=O) groups excluding carboxylic acids is 2. The zero-order valence-electron chi connectivity index (χ0n) is 20.4. The second-order valence-electron chi connectivity index (χ2n) is 9.27. The monoisotopic (exact) mass is 459 g/mol. The van der Waals surface area contributed by atoms with Crippen molar-refractivity contribution in [2.75, 3.05) is 23.9 Å². The van der Waals surface area contributed by atoms with Gasteiger partial charge in [0.15, 0.2) is 5.76 Å². The van der Waals surface area contributed by atoms with E-state index < -0.39 is 6.04 Å². The molecule has 4 rings (SSSR count). The van der Waals surface area contributed by atoms with Crippen molar-refractivity contribution in [1.29, 1.82) is 0 Å². The molecule has 1 N–H and O–H groups in total. The summed E-state index contributed by atoms with van der Waals surface area (Å²) in [5.41, 5.74) is 4.34. The van der Waals surface area contributed by atoms with Crippen LogP contribution in [0.2, 0.25) is 0 Å². The van der Waals surface area contributed by atoms with Crippen LogP contribution < -0.4 is 15.1 Å². The zero-order chi connectivity index (χ0) is 24.2. The Morgan fingerprint density at radius 1 is 0.941 bits per heavy atom. The van der Waals surface area contributed by atoms with E-state index in [2.05, 4.69) is 5.32 Å². The second-order valence-corrected chi connectivity index (χ2v) is 9.27. The van der Waals surface area contributed by atoms with Crippen LogP contribution in [0, 0.1) is 13.8 Å². The van der Waals surface area contributed by atoms with Gasteiger partial charge >= 0.3 is 0 Å². The quantitative estimate of drug-likeness (QED) is 0.513. The number of para-hydroxylation sites is 1. The molecular weight excluding hydrogens is 426 g/mol. The second kappa shape index (κ2) is 10.2. The molecule has 1 atom stereocenters. The lowest BCUT2D eigenvalue weighted by Gasteiger charge is -2.34. The van der Waals surface area contributed by atoms with Crippen LogP contribution in [0.15, 0.2) is 65.3 Å². The topological polar surface area (TPSA) is 65.8 Å². The Morgan fingerprint density at radius 2 is 1.59 bits per heavy atom. The number of hydrogen-bond donors (Lipinski definition) is 1. The van der Waals surface area contributed by atoms with Crippen molar-refractivity contribution in [2.45, 2.75) is 51.6 Å². The molecule has 1 saturated carbocycles. The minimum Gasteiger partial charge on any atom is -0.459 e. The Bertz CT molecular complexity index is 1110. The lowest BCUT2D eigenvalue weighted by molar-refractivity contribution is -0.123. The third-order valence-electron chi connectivity index (χ3n) is 6.56. The number of nitrogens with one attached hydrogen (secondary N) is 1. The van der Waals surface area contributed by atoms with Gasteiger partial charge in [0.1, 0.15) is 6.04 Å². The maximum Gasteiger partial charge on any atom is 0.294 e. The fourth-order valence-electron chi connectivity index (χ4n) is 4.78. The molecule has 0 bridgehead atoms. The molecule has 1 aromatic heterocycles. The molecule has 1 aliphatic rings. The molecule has 6 heteroatoms. The SMILES string of the molecule is Cc1cccc(C)c1N(C(=O)c1ccco1)C(C(=O)NC1CCCC1)c1ccc(N(C)C)cc1. The van der Waals surface area contributed by atoms with Crippen molar-refractivity contribution in [3.8, 4) is 0 Å². The zero-order valence-corrected chi connectivity index (χ0v) is 20.4. The van der Waals surface area contributed by atoms with E-state index in [1.54, 1.807) is 17.0 Å². The Kier molecular flexibility index (Phi) is 7.06. The molecule has 1 heterocycles. The first kappa shape index (κ1) is 23.6. The Morgan fingerprint density at radius 3 is 2.15 bits per heavy atom. The molecule has 34 heavy (non-hydrogen) atoms. The molecule has 0 aliphatic heterocycles. The first-order valence-electron chi connectivity index (χ1n) is 11.9. The molecule has 6 nitrogen and oxygen atoms in total. The van der Waals surface area contributed by atoms with Gasteiger partial charge in [-0.05, 0) is 67.6 Å². The predicted octanol–water partition coefficient (Wildman–Crippen LogP) is 5.41. The maximum absolute atomic E-state index is 13.9. The smallest absolute Gasteiger partial charge is 0.294 e. The predicted molar refractivity (Wildman–Crippen MR) is 135 cm³/mol. The molecule has 1 aliphatic carbocycles. The summed E-state index contributed by atoms with van der Waals surface area (Å²) in [5.74, 6) is -0.316. The lowest BCUT2D eigenvalue weighted by Crippen LogP contribution is -2.46. The van der Waals surface area contributed by atoms with E-state index in [9.17, 15) is 9.59 Å². The number of carbonyl (C=O) groups is 2. The van der Waals surface area contributed by atoms with Crippen LogP contribution in [-0.2, 0) is 4.79 Å². The number of hydrogen-bond acceptors (Lipinski definition) is 4. The normalized spacial score (nSPS) is 14.6. The van der Waals surface area contributed by atoms with Crippen LogP contribution in [0.5, 0.6) is 0 Å². The third kappa shape index (κ3) is 4.86. The van der Waals surface area contributed by atoms with Crippen LogP contribution in [0.25, 0.3) is 0 Å². The molecule has 0 saturated heterocycles. The van der Waals surface area contributed by atoms with Crippen molar-refractivity contribution < 1.29 is 14.0 Å². The summed E-state index contributed by atoms with van der Waals surface area (Å²) in [6.45, 7) is 3.93. The van der Waals surface area contributed by atoms with Gasteiger partial charge in [0.25, 0.3) is 5.91 Å². The highest BCUT2D eigenvalue weighted by Crippen LogP contribution is 2.35. The minimum atomic E-state index is -0.839. The van der Waals surface area contributed by atoms with Crippen molar-refractivity contribution >= 4 is 23.2 Å². The number of nitrogens with zero attached hydrogens (tertiary/aromatic N) is 2. The maximum atomic E-state index is 13.9. The summed E-state index contributed by atoms with van der Waals surface area (Å²) in [6, 6.07) is 16.3. The summed E-state index contributed by atoms with van der Waals surface area (Å²) in [7, 11) is 3.95. The van der Waals surface area contributed by atoms with Gasteiger partial charge in [-0.3, -0.25) is 14.5 Å². The number of rotatable bonds is 7. The summed E-state index contributed by atoms with van der Waals surface area (Å²) in [6.07, 6.45) is 5.63. The van der Waals surface area contributed by atoms with E-state index in [0.29, 0.717) is 0 Å². The summed E-state index contributed by atoms with van der Waals surface area (Å²) < 4.78 is 5.50. The molecule has 2 aromatic carbocycles. The highest BCUT2D eigenvalue weighted by atomic mass is 16.3. The fourth-order valence-corrected chi connectivity index (χ4v) is 4.78. The lowest BCUT2D eigenvalue weighted by atomic mass is 9.98. The standard InChI is InChI=1S/C28H33N3O3/c1-19-9-7-10-20(2)25(19)31(28(33)24-13-8-18-34-24)26(27(32)29-22-11-5-6-12-22)21-14-16-23(17-15-21)30(3)4/h7-10,13-18,22,26H,5-6,11-12H2,1-4H3,(H,29,32). The van der Waals surface area contributed by atoms with Crippen LogP contribution in [-0.4, -0.2) is 32.0 Å². The van der Waals surface area contributed by atoms with E-state index in [-0.39, 0.29) is 23.6 Å². The van der Waals surface area contributed by atoms with Gasteiger partial charge in [0.05, 0.1) is 12.0 Å². The van der Waals surface area contributed by atoms with E-state index in [0.717, 1.165) is 53.7 Å². The highest BCUT2D eigenvalue weighted by molar-refractivity contribution is 6.09. The van der Waals surface area contributed by atoms with E-state index in [4.69, 9.17) is 4.42 Å². The first-order chi connectivity index (χ1) is 16.4. The molecule has 2 amide bonds. The number of anilines is 2. The van der Waals surface area contributed by atoms with Gasteiger partial charge in [-0.25, -0.2) is 0 Å². The molecular formula is C28H33N3O3. The van der Waals surface area contributed by atoms with Crippen LogP contribution >= 0.6 is 0 Å². The Hall–Kier alpha value is -3.54. The minimum absolute atomic E-state index is 0.134. The Labute approximate surface area is 201 Å². The summed E-state index contributed by atoms with van der Waals surface area (Å²) in [4.78, 5) is 31.4. The van der Waals surface area contributed by atoms with Gasteiger partial charge in [-0.1, -0.05) is 43.2 Å². The van der Waals surface area contributed by atoms with Gasteiger partial charge < -0.3 is 14.6 Å². The van der Waals surface area contributed by atoms with Gasteiger partial charge in [0.2, 0.25) is 5.91 Å². The van der Waals surface area contributed by atoms with E-state index in [1.165, 1.54) is 6.26 Å². The number of amides is 2. The molecule has 1 unspecified atom stereocenters. The molecule has 0 radical (unpaired) electrons. The molecule has 0 spiro atoms. The average Bonchev–Trinajstić information content (AvgIpc) is 3.52. The van der Waals surface area contributed by atoms with Gasteiger partial charge in [-0.15, -0.1) is 0 Å². The first-order valence-corrected chi connectivity index (χ1v) is 11.9. The number of aryl methyl sites for hydroxylation is 2. The summed E-state index contributed by atoms with van der Waals surface area (Å²) >= 11 is 0. The number of benzene rings is 2. The van der Waals surface area contributed by atoms with E-state index in [1.807, 2.05) is 75.3 Å². The molecule has 178 valence electrons. The van der Waals surface area contributed by atoms with Crippen LogP contribution in [0.3, 0.4) is 0 Å². The van der Waals surface area contributed by atoms with Crippen LogP contribution in [0.1, 0.15) is 59.0 Å². The largest absolute Gasteiger partial charge is 0.459 e. The average molecular weight is 460 g/mol.